The number of benzene rings is 1. The average molecular weight is 200 g/mol. The lowest BCUT2D eigenvalue weighted by Crippen LogP contribution is -1.66. The third kappa shape index (κ3) is 1.52. The number of nitrogens with zero attached hydrogens (tertiary/aromatic N) is 2. The Morgan fingerprint density at radius 1 is 1.36 bits per heavy atom. The van der Waals surface area contributed by atoms with Crippen LogP contribution in [0.25, 0.3) is 21.7 Å². The minimum absolute atomic E-state index is 1.14. The standard InChI is InChI=1S/C9H5NS.C2H3N/c1-2-7(8-5-6(1)8)9-10-3-4-11-9;1-2-3/h1-5H;1H3. The maximum atomic E-state index is 7.32. The van der Waals surface area contributed by atoms with E-state index < -0.39 is 0 Å². The van der Waals surface area contributed by atoms with Gasteiger partial charge in [0.25, 0.3) is 0 Å². The Labute approximate surface area is 86.5 Å². The van der Waals surface area contributed by atoms with Gasteiger partial charge < -0.3 is 0 Å². The molecule has 3 rings (SSSR count). The summed E-state index contributed by atoms with van der Waals surface area (Å²) in [5.74, 6) is 0. The summed E-state index contributed by atoms with van der Waals surface area (Å²) in [6, 6.07) is 8.23. The Kier molecular flexibility index (Phi) is 2.30. The monoisotopic (exact) mass is 200 g/mol. The van der Waals surface area contributed by atoms with Crippen molar-refractivity contribution in [2.75, 3.05) is 0 Å². The zero-order chi connectivity index (χ0) is 9.97. The summed E-state index contributed by atoms with van der Waals surface area (Å²) >= 11 is 1.70. The predicted octanol–water partition coefficient (Wildman–Crippen LogP) is 3.32. The molecule has 0 spiro atoms. The van der Waals surface area contributed by atoms with Crippen LogP contribution in [-0.4, -0.2) is 4.98 Å². The van der Waals surface area contributed by atoms with Crippen LogP contribution in [0.1, 0.15) is 6.92 Å². The molecule has 2 nitrogen and oxygen atoms in total. The molecule has 1 heterocycles. The highest BCUT2D eigenvalue weighted by atomic mass is 32.1. The van der Waals surface area contributed by atoms with Crippen molar-refractivity contribution in [2.24, 2.45) is 0 Å². The van der Waals surface area contributed by atoms with Gasteiger partial charge in [-0.25, -0.2) is 4.98 Å². The number of hydrogen-bond donors (Lipinski definition) is 0. The van der Waals surface area contributed by atoms with E-state index in [0.717, 1.165) is 5.01 Å². The van der Waals surface area contributed by atoms with Gasteiger partial charge in [-0.15, -0.1) is 11.3 Å². The molecule has 3 heteroatoms. The van der Waals surface area contributed by atoms with Gasteiger partial charge in [-0.2, -0.15) is 5.26 Å². The van der Waals surface area contributed by atoms with Crippen LogP contribution in [0.5, 0.6) is 0 Å². The average Bonchev–Trinajstić information content (AvgIpc) is 2.67. The van der Waals surface area contributed by atoms with E-state index in [-0.39, 0.29) is 0 Å². The van der Waals surface area contributed by atoms with Gasteiger partial charge in [0.2, 0.25) is 0 Å². The zero-order valence-electron chi connectivity index (χ0n) is 7.69. The van der Waals surface area contributed by atoms with Crippen molar-refractivity contribution in [1.82, 2.24) is 4.98 Å². The number of nitriles is 1. The highest BCUT2D eigenvalue weighted by Gasteiger charge is 2.19. The molecule has 2 aliphatic rings. The van der Waals surface area contributed by atoms with Gasteiger partial charge in [-0.1, -0.05) is 12.1 Å². The molecule has 0 unspecified atom stereocenters. The lowest BCUT2D eigenvalue weighted by molar-refractivity contribution is 1.42. The molecule has 1 aromatic heterocycles. The van der Waals surface area contributed by atoms with Gasteiger partial charge in [-0.3, -0.25) is 0 Å². The number of rotatable bonds is 1. The first-order valence-corrected chi connectivity index (χ1v) is 5.10. The topological polar surface area (TPSA) is 36.7 Å². The van der Waals surface area contributed by atoms with Crippen LogP contribution in [-0.2, 0) is 0 Å². The van der Waals surface area contributed by atoms with E-state index in [4.69, 9.17) is 5.26 Å². The smallest absolute Gasteiger partial charge is 0.123 e. The fraction of sp³-hybridized carbons (Fsp3) is 0.0909. The van der Waals surface area contributed by atoms with Gasteiger partial charge in [-0.05, 0) is 17.2 Å². The van der Waals surface area contributed by atoms with Crippen molar-refractivity contribution in [1.29, 1.82) is 5.26 Å². The molecule has 0 fully saturated rings. The van der Waals surface area contributed by atoms with E-state index in [1.54, 1.807) is 17.4 Å². The molecular weight excluding hydrogens is 192 g/mol. The normalized spacial score (nSPS) is 9.71. The lowest BCUT2D eigenvalue weighted by atomic mass is 10.3. The predicted molar refractivity (Wildman–Crippen MR) is 57.8 cm³/mol. The number of aromatic nitrogens is 1. The molecule has 0 N–H and O–H groups in total. The van der Waals surface area contributed by atoms with Crippen molar-refractivity contribution < 1.29 is 0 Å². The summed E-state index contributed by atoms with van der Waals surface area (Å²) in [6.07, 6.45) is 1.85. The Bertz CT molecular complexity index is 480. The minimum atomic E-state index is 1.14. The fourth-order valence-corrected chi connectivity index (χ4v) is 1.97. The van der Waals surface area contributed by atoms with Crippen molar-refractivity contribution in [3.63, 3.8) is 0 Å². The van der Waals surface area contributed by atoms with E-state index in [0.29, 0.717) is 0 Å². The van der Waals surface area contributed by atoms with Gasteiger partial charge >= 0.3 is 0 Å². The van der Waals surface area contributed by atoms with E-state index in [1.807, 2.05) is 11.6 Å². The van der Waals surface area contributed by atoms with Crippen LogP contribution in [0.3, 0.4) is 0 Å². The summed E-state index contributed by atoms with van der Waals surface area (Å²) in [5.41, 5.74) is 4.07. The van der Waals surface area contributed by atoms with Crippen LogP contribution in [0.15, 0.2) is 29.8 Å². The lowest BCUT2D eigenvalue weighted by Gasteiger charge is -1.86. The fourth-order valence-electron chi connectivity index (χ4n) is 1.30. The molecule has 0 amide bonds. The first-order valence-electron chi connectivity index (χ1n) is 4.22. The van der Waals surface area contributed by atoms with Gasteiger partial charge in [0.05, 0.1) is 6.07 Å². The molecule has 14 heavy (non-hydrogen) atoms. The second-order valence-corrected chi connectivity index (χ2v) is 3.72. The van der Waals surface area contributed by atoms with Crippen LogP contribution in [0, 0.1) is 11.3 Å². The molecule has 0 saturated carbocycles. The minimum Gasteiger partial charge on any atom is -0.245 e. The van der Waals surface area contributed by atoms with Crippen LogP contribution >= 0.6 is 11.3 Å². The molecule has 0 atom stereocenters. The molecule has 0 aromatic carbocycles. The Hall–Kier alpha value is -1.66. The largest absolute Gasteiger partial charge is 0.245 e. The van der Waals surface area contributed by atoms with E-state index >= 15 is 0 Å². The Morgan fingerprint density at radius 2 is 2.14 bits per heavy atom. The van der Waals surface area contributed by atoms with E-state index in [9.17, 15) is 0 Å². The number of fused-ring (bicyclic) bond motifs is 1. The molecule has 2 aliphatic carbocycles. The quantitative estimate of drug-likeness (QED) is 0.604. The van der Waals surface area contributed by atoms with Gasteiger partial charge in [0.15, 0.2) is 0 Å². The van der Waals surface area contributed by atoms with Crippen molar-refractivity contribution in [3.8, 4) is 27.8 Å². The molecule has 0 saturated heterocycles. The molecular formula is C11H8N2S. The van der Waals surface area contributed by atoms with Crippen LogP contribution in [0.4, 0.5) is 0 Å². The third-order valence-corrected chi connectivity index (χ3v) is 2.72. The first kappa shape index (κ1) is 8.92. The van der Waals surface area contributed by atoms with Crippen molar-refractivity contribution in [3.05, 3.63) is 29.8 Å². The van der Waals surface area contributed by atoms with E-state index in [2.05, 4.69) is 23.2 Å². The Balaban J connectivity index is 0.000000226. The summed E-state index contributed by atoms with van der Waals surface area (Å²) in [7, 11) is 0. The summed E-state index contributed by atoms with van der Waals surface area (Å²) in [5, 5.41) is 10.5. The van der Waals surface area contributed by atoms with Crippen LogP contribution in [0.2, 0.25) is 0 Å². The maximum Gasteiger partial charge on any atom is 0.123 e. The SMILES string of the molecule is CC#N.c1csc(-c2ccc3cc2-3)n1. The van der Waals surface area contributed by atoms with Gasteiger partial charge in [0.1, 0.15) is 5.01 Å². The Morgan fingerprint density at radius 3 is 2.57 bits per heavy atom. The van der Waals surface area contributed by atoms with Crippen molar-refractivity contribution in [2.45, 2.75) is 6.92 Å². The van der Waals surface area contributed by atoms with E-state index in [1.165, 1.54) is 23.6 Å². The zero-order valence-corrected chi connectivity index (χ0v) is 8.51. The number of hydrogen-bond acceptors (Lipinski definition) is 3. The molecule has 1 aromatic rings. The third-order valence-electron chi connectivity index (χ3n) is 1.91. The summed E-state index contributed by atoms with van der Waals surface area (Å²) < 4.78 is 0. The molecule has 0 bridgehead atoms. The highest BCUT2D eigenvalue weighted by Crippen LogP contribution is 2.44. The van der Waals surface area contributed by atoms with Gasteiger partial charge in [0, 0.05) is 24.1 Å². The summed E-state index contributed by atoms with van der Waals surface area (Å²) in [6.45, 7) is 1.43. The van der Waals surface area contributed by atoms with Crippen molar-refractivity contribution >= 4 is 11.3 Å². The second-order valence-electron chi connectivity index (χ2n) is 2.82. The van der Waals surface area contributed by atoms with Crippen LogP contribution < -0.4 is 0 Å². The highest BCUT2D eigenvalue weighted by molar-refractivity contribution is 7.13. The molecule has 0 radical (unpaired) electrons. The maximum absolute atomic E-state index is 7.32. The molecule has 68 valence electrons. The number of thiazole rings is 1. The summed E-state index contributed by atoms with van der Waals surface area (Å²) in [4.78, 5) is 4.25. The molecule has 0 aliphatic heterocycles. The second kappa shape index (κ2) is 3.60. The first-order chi connectivity index (χ1) is 6.86.